The number of hydrogen-bond donors (Lipinski definition) is 1. The molecule has 3 aromatic rings. The molecule has 0 spiro atoms. The van der Waals surface area contributed by atoms with Crippen LogP contribution in [-0.4, -0.2) is 45.8 Å². The molecule has 28 heavy (non-hydrogen) atoms. The monoisotopic (exact) mass is 374 g/mol. The van der Waals surface area contributed by atoms with Gasteiger partial charge in [0, 0.05) is 43.9 Å². The zero-order valence-corrected chi connectivity index (χ0v) is 15.9. The Balaban J connectivity index is 1.60. The van der Waals surface area contributed by atoms with Crippen molar-refractivity contribution in [3.8, 4) is 0 Å². The van der Waals surface area contributed by atoms with Crippen molar-refractivity contribution in [2.75, 3.05) is 13.1 Å². The summed E-state index contributed by atoms with van der Waals surface area (Å²) in [6, 6.07) is 13.5. The lowest BCUT2D eigenvalue weighted by Gasteiger charge is -2.19. The fourth-order valence-corrected chi connectivity index (χ4v) is 3.81. The normalized spacial score (nSPS) is 19.0. The molecule has 142 valence electrons. The van der Waals surface area contributed by atoms with E-state index in [0.717, 1.165) is 11.1 Å². The van der Waals surface area contributed by atoms with Gasteiger partial charge in [0.1, 0.15) is 0 Å². The van der Waals surface area contributed by atoms with Gasteiger partial charge in [-0.15, -0.1) is 0 Å². The molecule has 6 heteroatoms. The van der Waals surface area contributed by atoms with E-state index in [1.54, 1.807) is 24.5 Å². The number of nitrogens with zero attached hydrogens (tertiary/aromatic N) is 3. The number of hydrogen-bond acceptors (Lipinski definition) is 4. The molecule has 1 aromatic heterocycles. The lowest BCUT2D eigenvalue weighted by Crippen LogP contribution is -2.39. The van der Waals surface area contributed by atoms with E-state index in [0.29, 0.717) is 24.2 Å². The third kappa shape index (κ3) is 3.58. The number of fused-ring (bicyclic) bond motifs is 1. The Hall–Kier alpha value is -3.28. The molecule has 2 unspecified atom stereocenters. The quantitative estimate of drug-likeness (QED) is 0.765. The van der Waals surface area contributed by atoms with Crippen LogP contribution < -0.4 is 5.32 Å². The molecule has 0 radical (unpaired) electrons. The van der Waals surface area contributed by atoms with Gasteiger partial charge in [-0.1, -0.05) is 29.8 Å². The summed E-state index contributed by atoms with van der Waals surface area (Å²) in [5, 5.41) is 3.02. The molecular formula is C22H22N4O2. The molecule has 0 saturated carbocycles. The Morgan fingerprint density at radius 1 is 1.00 bits per heavy atom. The smallest absolute Gasteiger partial charge is 0.254 e. The summed E-state index contributed by atoms with van der Waals surface area (Å²) >= 11 is 0. The first-order valence-corrected chi connectivity index (χ1v) is 9.35. The second-order valence-corrected chi connectivity index (χ2v) is 7.29. The van der Waals surface area contributed by atoms with Crippen LogP contribution in [-0.2, 0) is 4.79 Å². The van der Waals surface area contributed by atoms with Crippen LogP contribution in [0.25, 0.3) is 11.0 Å². The van der Waals surface area contributed by atoms with E-state index in [-0.39, 0.29) is 23.8 Å². The third-order valence-electron chi connectivity index (χ3n) is 5.22. The van der Waals surface area contributed by atoms with Crippen LogP contribution >= 0.6 is 0 Å². The molecule has 0 bridgehead atoms. The summed E-state index contributed by atoms with van der Waals surface area (Å²) in [5.74, 6) is -0.0800. The summed E-state index contributed by atoms with van der Waals surface area (Å²) < 4.78 is 0. The summed E-state index contributed by atoms with van der Waals surface area (Å²) in [5.41, 5.74) is 4.35. The first-order valence-electron chi connectivity index (χ1n) is 9.35. The van der Waals surface area contributed by atoms with Crippen molar-refractivity contribution in [2.24, 2.45) is 0 Å². The molecular weight excluding hydrogens is 352 g/mol. The van der Waals surface area contributed by atoms with Crippen molar-refractivity contribution < 1.29 is 9.59 Å². The molecule has 2 heterocycles. The Bertz CT molecular complexity index is 1030. The van der Waals surface area contributed by atoms with E-state index in [2.05, 4.69) is 39.6 Å². The van der Waals surface area contributed by atoms with Crippen LogP contribution in [0, 0.1) is 6.92 Å². The topological polar surface area (TPSA) is 75.2 Å². The maximum Gasteiger partial charge on any atom is 0.254 e. The summed E-state index contributed by atoms with van der Waals surface area (Å²) in [6.07, 6.45) is 3.25. The van der Waals surface area contributed by atoms with Crippen LogP contribution in [0.15, 0.2) is 54.9 Å². The number of benzene rings is 2. The highest BCUT2D eigenvalue weighted by Gasteiger charge is 2.37. The van der Waals surface area contributed by atoms with E-state index in [9.17, 15) is 9.59 Å². The molecule has 1 N–H and O–H groups in total. The fraction of sp³-hybridized carbons (Fsp3) is 0.273. The fourth-order valence-electron chi connectivity index (χ4n) is 3.81. The van der Waals surface area contributed by atoms with Crippen molar-refractivity contribution in [1.82, 2.24) is 20.2 Å². The predicted octanol–water partition coefficient (Wildman–Crippen LogP) is 2.68. The summed E-state index contributed by atoms with van der Waals surface area (Å²) in [6.45, 7) is 4.60. The van der Waals surface area contributed by atoms with Gasteiger partial charge in [-0.3, -0.25) is 19.6 Å². The first-order chi connectivity index (χ1) is 13.5. The van der Waals surface area contributed by atoms with Gasteiger partial charge in [0.2, 0.25) is 5.91 Å². The highest BCUT2D eigenvalue weighted by atomic mass is 16.2. The van der Waals surface area contributed by atoms with E-state index < -0.39 is 0 Å². The number of aromatic nitrogens is 2. The van der Waals surface area contributed by atoms with Crippen molar-refractivity contribution >= 4 is 22.8 Å². The van der Waals surface area contributed by atoms with Gasteiger partial charge in [0.25, 0.3) is 5.91 Å². The molecule has 1 aliphatic heterocycles. The van der Waals surface area contributed by atoms with Gasteiger partial charge < -0.3 is 10.2 Å². The van der Waals surface area contributed by atoms with Gasteiger partial charge in [-0.05, 0) is 30.7 Å². The SMILES string of the molecule is CC(=O)NC1CN(C(=O)c2ccc3nccnc3c2)CC1c1ccc(C)cc1. The second-order valence-electron chi connectivity index (χ2n) is 7.29. The molecule has 1 aliphatic rings. The third-order valence-corrected chi connectivity index (χ3v) is 5.22. The number of carbonyl (C=O) groups is 2. The van der Waals surface area contributed by atoms with E-state index in [1.165, 1.54) is 12.5 Å². The molecule has 1 fully saturated rings. The number of aryl methyl sites for hydroxylation is 1. The Morgan fingerprint density at radius 3 is 2.43 bits per heavy atom. The number of nitrogens with one attached hydrogen (secondary N) is 1. The largest absolute Gasteiger partial charge is 0.351 e. The zero-order valence-electron chi connectivity index (χ0n) is 15.9. The molecule has 2 atom stereocenters. The van der Waals surface area contributed by atoms with Crippen molar-refractivity contribution in [3.63, 3.8) is 0 Å². The van der Waals surface area contributed by atoms with Gasteiger partial charge in [-0.2, -0.15) is 0 Å². The summed E-state index contributed by atoms with van der Waals surface area (Å²) in [7, 11) is 0. The Morgan fingerprint density at radius 2 is 1.71 bits per heavy atom. The van der Waals surface area contributed by atoms with E-state index in [1.807, 2.05) is 17.9 Å². The molecule has 2 aromatic carbocycles. The van der Waals surface area contributed by atoms with E-state index >= 15 is 0 Å². The molecule has 1 saturated heterocycles. The minimum Gasteiger partial charge on any atom is -0.351 e. The van der Waals surface area contributed by atoms with Crippen LogP contribution in [0.4, 0.5) is 0 Å². The van der Waals surface area contributed by atoms with Crippen LogP contribution in [0.1, 0.15) is 34.3 Å². The maximum atomic E-state index is 13.1. The lowest BCUT2D eigenvalue weighted by molar-refractivity contribution is -0.119. The highest BCUT2D eigenvalue weighted by Crippen LogP contribution is 2.29. The summed E-state index contributed by atoms with van der Waals surface area (Å²) in [4.78, 5) is 35.2. The van der Waals surface area contributed by atoms with Crippen molar-refractivity contribution in [3.05, 3.63) is 71.5 Å². The maximum absolute atomic E-state index is 13.1. The standard InChI is InChI=1S/C22H22N4O2/c1-14-3-5-16(6-4-14)18-12-26(13-21(18)25-15(2)27)22(28)17-7-8-19-20(11-17)24-10-9-23-19/h3-11,18,21H,12-13H2,1-2H3,(H,25,27). The number of amides is 2. The van der Waals surface area contributed by atoms with Gasteiger partial charge in [0.15, 0.2) is 0 Å². The number of likely N-dealkylation sites (tertiary alicyclic amines) is 1. The van der Waals surface area contributed by atoms with Crippen molar-refractivity contribution in [1.29, 1.82) is 0 Å². The average molecular weight is 374 g/mol. The minimum absolute atomic E-state index is 0.0579. The average Bonchev–Trinajstić information content (AvgIpc) is 3.10. The highest BCUT2D eigenvalue weighted by molar-refractivity contribution is 5.97. The predicted molar refractivity (Wildman–Crippen MR) is 107 cm³/mol. The number of rotatable bonds is 3. The van der Waals surface area contributed by atoms with Crippen LogP contribution in [0.5, 0.6) is 0 Å². The van der Waals surface area contributed by atoms with Gasteiger partial charge in [-0.25, -0.2) is 0 Å². The van der Waals surface area contributed by atoms with E-state index in [4.69, 9.17) is 0 Å². The minimum atomic E-state index is -0.107. The lowest BCUT2D eigenvalue weighted by atomic mass is 9.93. The molecule has 6 nitrogen and oxygen atoms in total. The number of carbonyl (C=O) groups excluding carboxylic acids is 2. The van der Waals surface area contributed by atoms with Crippen LogP contribution in [0.2, 0.25) is 0 Å². The molecule has 4 rings (SSSR count). The molecule has 0 aliphatic carbocycles. The molecule has 2 amide bonds. The van der Waals surface area contributed by atoms with Gasteiger partial charge >= 0.3 is 0 Å². The van der Waals surface area contributed by atoms with Crippen LogP contribution in [0.3, 0.4) is 0 Å². The Labute approximate surface area is 163 Å². The zero-order chi connectivity index (χ0) is 19.7. The van der Waals surface area contributed by atoms with Crippen molar-refractivity contribution in [2.45, 2.75) is 25.8 Å². The second kappa shape index (κ2) is 7.38. The Kier molecular flexibility index (Phi) is 4.77. The van der Waals surface area contributed by atoms with Gasteiger partial charge in [0.05, 0.1) is 17.1 Å². The first kappa shape index (κ1) is 18.1.